The minimum Gasteiger partial charge on any atom is -0.308 e. The minimum atomic E-state index is 0.415. The van der Waals surface area contributed by atoms with Gasteiger partial charge in [0.1, 0.15) is 11.6 Å². The van der Waals surface area contributed by atoms with Crippen LogP contribution >= 0.6 is 0 Å². The summed E-state index contributed by atoms with van der Waals surface area (Å²) in [4.78, 5) is 8.92. The topological polar surface area (TPSA) is 63.8 Å². The van der Waals surface area contributed by atoms with Crippen LogP contribution in [0, 0.1) is 5.92 Å². The maximum absolute atomic E-state index is 5.39. The summed E-state index contributed by atoms with van der Waals surface area (Å²) in [6.45, 7) is 4.26. The number of aromatic nitrogens is 2. The second-order valence-electron chi connectivity index (χ2n) is 4.54. The van der Waals surface area contributed by atoms with Crippen LogP contribution in [0.4, 0.5) is 5.82 Å². The third-order valence-electron chi connectivity index (χ3n) is 2.70. The monoisotopic (exact) mass is 206 g/mol. The Morgan fingerprint density at radius 1 is 1.47 bits per heavy atom. The van der Waals surface area contributed by atoms with E-state index in [1.165, 1.54) is 12.8 Å². The smallest absolute Gasteiger partial charge is 0.143 e. The van der Waals surface area contributed by atoms with Gasteiger partial charge in [-0.15, -0.1) is 0 Å². The maximum Gasteiger partial charge on any atom is 0.143 e. The number of anilines is 1. The van der Waals surface area contributed by atoms with Gasteiger partial charge in [-0.25, -0.2) is 15.8 Å². The van der Waals surface area contributed by atoms with E-state index in [0.717, 1.165) is 29.7 Å². The van der Waals surface area contributed by atoms with Crippen LogP contribution in [-0.4, -0.2) is 9.97 Å². The Bertz CT molecular complexity index is 344. The Hall–Kier alpha value is -1.16. The molecule has 1 fully saturated rings. The lowest BCUT2D eigenvalue weighted by molar-refractivity contribution is 0.734. The minimum absolute atomic E-state index is 0.415. The Morgan fingerprint density at radius 3 is 2.73 bits per heavy atom. The average Bonchev–Trinajstić information content (AvgIpc) is 3.01. The summed E-state index contributed by atoms with van der Waals surface area (Å²) in [6, 6.07) is 1.92. The zero-order valence-corrected chi connectivity index (χ0v) is 9.33. The molecule has 1 aromatic heterocycles. The first-order valence-corrected chi connectivity index (χ1v) is 5.53. The van der Waals surface area contributed by atoms with E-state index in [4.69, 9.17) is 5.84 Å². The van der Waals surface area contributed by atoms with Crippen LogP contribution in [0.2, 0.25) is 0 Å². The molecule has 0 spiro atoms. The van der Waals surface area contributed by atoms with Crippen LogP contribution in [0.1, 0.15) is 44.1 Å². The average molecular weight is 206 g/mol. The number of nitrogens with two attached hydrogens (primary N) is 1. The highest BCUT2D eigenvalue weighted by Gasteiger charge is 2.23. The summed E-state index contributed by atoms with van der Waals surface area (Å²) >= 11 is 0. The first kappa shape index (κ1) is 10.4. The van der Waals surface area contributed by atoms with Crippen molar-refractivity contribution in [1.82, 2.24) is 9.97 Å². The molecule has 0 amide bonds. The summed E-state index contributed by atoms with van der Waals surface area (Å²) in [7, 11) is 0. The largest absolute Gasteiger partial charge is 0.308 e. The molecule has 0 radical (unpaired) electrons. The quantitative estimate of drug-likeness (QED) is 0.583. The highest BCUT2D eigenvalue weighted by Crippen LogP contribution is 2.32. The molecule has 0 atom stereocenters. The molecule has 4 nitrogen and oxygen atoms in total. The molecule has 0 unspecified atom stereocenters. The van der Waals surface area contributed by atoms with E-state index in [0.29, 0.717) is 5.92 Å². The number of hydrazine groups is 1. The number of rotatable bonds is 4. The molecule has 1 aliphatic rings. The number of hydrogen-bond acceptors (Lipinski definition) is 4. The number of hydrogen-bond donors (Lipinski definition) is 2. The number of nitrogens with zero attached hydrogens (tertiary/aromatic N) is 2. The van der Waals surface area contributed by atoms with Crippen LogP contribution in [0.15, 0.2) is 6.07 Å². The van der Waals surface area contributed by atoms with Crippen LogP contribution < -0.4 is 11.3 Å². The van der Waals surface area contributed by atoms with Crippen molar-refractivity contribution in [3.05, 3.63) is 17.6 Å². The van der Waals surface area contributed by atoms with Crippen molar-refractivity contribution in [2.45, 2.75) is 39.0 Å². The number of nitrogen functional groups attached to an aromatic ring is 1. The highest BCUT2D eigenvalue weighted by molar-refractivity contribution is 5.35. The van der Waals surface area contributed by atoms with Gasteiger partial charge in [-0.05, 0) is 24.7 Å². The van der Waals surface area contributed by atoms with Gasteiger partial charge in [0.15, 0.2) is 0 Å². The standard InChI is InChI=1S/C11H18N4/c1-7(2)9-6-11(15-12)14-10(13-9)5-8-3-4-8/h6-8H,3-5,12H2,1-2H3,(H,13,14,15). The Morgan fingerprint density at radius 2 is 2.20 bits per heavy atom. The summed E-state index contributed by atoms with van der Waals surface area (Å²) in [5.74, 6) is 8.27. The molecule has 2 rings (SSSR count). The zero-order valence-electron chi connectivity index (χ0n) is 9.33. The van der Waals surface area contributed by atoms with E-state index in [1.807, 2.05) is 6.07 Å². The van der Waals surface area contributed by atoms with Crippen molar-refractivity contribution in [2.24, 2.45) is 11.8 Å². The molecule has 1 heterocycles. The zero-order chi connectivity index (χ0) is 10.8. The van der Waals surface area contributed by atoms with Gasteiger partial charge in [0, 0.05) is 18.2 Å². The van der Waals surface area contributed by atoms with E-state index in [9.17, 15) is 0 Å². The lowest BCUT2D eigenvalue weighted by atomic mass is 10.1. The lowest BCUT2D eigenvalue weighted by Crippen LogP contribution is -2.12. The second kappa shape index (κ2) is 4.14. The fourth-order valence-electron chi connectivity index (χ4n) is 1.56. The number of nitrogens with one attached hydrogen (secondary N) is 1. The van der Waals surface area contributed by atoms with Gasteiger partial charge in [0.25, 0.3) is 0 Å². The Balaban J connectivity index is 2.23. The summed E-state index contributed by atoms with van der Waals surface area (Å²) < 4.78 is 0. The second-order valence-corrected chi connectivity index (χ2v) is 4.54. The van der Waals surface area contributed by atoms with E-state index >= 15 is 0 Å². The molecule has 15 heavy (non-hydrogen) atoms. The van der Waals surface area contributed by atoms with Gasteiger partial charge >= 0.3 is 0 Å². The third kappa shape index (κ3) is 2.65. The van der Waals surface area contributed by atoms with Gasteiger partial charge < -0.3 is 5.43 Å². The van der Waals surface area contributed by atoms with E-state index < -0.39 is 0 Å². The SMILES string of the molecule is CC(C)c1cc(NN)nc(CC2CC2)n1. The van der Waals surface area contributed by atoms with Crippen molar-refractivity contribution in [2.75, 3.05) is 5.43 Å². The van der Waals surface area contributed by atoms with Crippen LogP contribution in [0.3, 0.4) is 0 Å². The van der Waals surface area contributed by atoms with Gasteiger partial charge in [-0.1, -0.05) is 13.8 Å². The predicted molar refractivity (Wildman–Crippen MR) is 60.4 cm³/mol. The molecule has 0 aromatic carbocycles. The summed E-state index contributed by atoms with van der Waals surface area (Å²) in [5.41, 5.74) is 3.67. The normalized spacial score (nSPS) is 15.7. The molecule has 0 aliphatic heterocycles. The van der Waals surface area contributed by atoms with E-state index in [-0.39, 0.29) is 0 Å². The van der Waals surface area contributed by atoms with E-state index in [2.05, 4.69) is 29.2 Å². The van der Waals surface area contributed by atoms with Crippen LogP contribution in [0.5, 0.6) is 0 Å². The first-order valence-electron chi connectivity index (χ1n) is 5.53. The Kier molecular flexibility index (Phi) is 2.86. The lowest BCUT2D eigenvalue weighted by Gasteiger charge is -2.09. The molecule has 0 bridgehead atoms. The molecule has 0 saturated heterocycles. The maximum atomic E-state index is 5.39. The van der Waals surface area contributed by atoms with Crippen LogP contribution in [-0.2, 0) is 6.42 Å². The highest BCUT2D eigenvalue weighted by atomic mass is 15.3. The van der Waals surface area contributed by atoms with Gasteiger partial charge in [0.05, 0.1) is 0 Å². The molecule has 1 aromatic rings. The van der Waals surface area contributed by atoms with Crippen molar-refractivity contribution in [3.8, 4) is 0 Å². The molecule has 1 saturated carbocycles. The van der Waals surface area contributed by atoms with Gasteiger partial charge in [0.2, 0.25) is 0 Å². The Labute approximate surface area is 90.3 Å². The fourth-order valence-corrected chi connectivity index (χ4v) is 1.56. The first-order chi connectivity index (χ1) is 7.19. The van der Waals surface area contributed by atoms with Crippen molar-refractivity contribution in [1.29, 1.82) is 0 Å². The molecular formula is C11H18N4. The van der Waals surface area contributed by atoms with Crippen molar-refractivity contribution in [3.63, 3.8) is 0 Å². The van der Waals surface area contributed by atoms with Crippen molar-refractivity contribution < 1.29 is 0 Å². The summed E-state index contributed by atoms with van der Waals surface area (Å²) in [5, 5.41) is 0. The summed E-state index contributed by atoms with van der Waals surface area (Å²) in [6.07, 6.45) is 3.64. The molecule has 4 heteroatoms. The molecule has 82 valence electrons. The molecule has 1 aliphatic carbocycles. The molecule has 3 N–H and O–H groups in total. The van der Waals surface area contributed by atoms with Gasteiger partial charge in [-0.3, -0.25) is 0 Å². The third-order valence-corrected chi connectivity index (χ3v) is 2.70. The van der Waals surface area contributed by atoms with Crippen molar-refractivity contribution >= 4 is 5.82 Å². The van der Waals surface area contributed by atoms with Gasteiger partial charge in [-0.2, -0.15) is 0 Å². The fraction of sp³-hybridized carbons (Fsp3) is 0.636. The predicted octanol–water partition coefficient (Wildman–Crippen LogP) is 1.84. The van der Waals surface area contributed by atoms with E-state index in [1.54, 1.807) is 0 Å². The molecular weight excluding hydrogens is 188 g/mol. The van der Waals surface area contributed by atoms with Crippen LogP contribution in [0.25, 0.3) is 0 Å².